The molecule has 0 aromatic carbocycles. The molecule has 1 aliphatic rings. The maximum atomic E-state index is 14.0. The van der Waals surface area contributed by atoms with Crippen molar-refractivity contribution in [3.05, 3.63) is 23.6 Å². The lowest BCUT2D eigenvalue weighted by Crippen LogP contribution is -2.39. The number of hydrogen-bond donors (Lipinski definition) is 1. The van der Waals surface area contributed by atoms with E-state index in [1.165, 1.54) is 12.3 Å². The molecule has 2 heterocycles. The van der Waals surface area contributed by atoms with Gasteiger partial charge in [0.25, 0.3) is 0 Å². The third-order valence-corrected chi connectivity index (χ3v) is 3.26. The largest absolute Gasteiger partial charge is 0.478 e. The van der Waals surface area contributed by atoms with Crippen LogP contribution >= 0.6 is 0 Å². The number of halogens is 1. The molecule has 0 amide bonds. The topological polar surface area (TPSA) is 53.4 Å². The van der Waals surface area contributed by atoms with Gasteiger partial charge in [0, 0.05) is 18.3 Å². The first-order valence-corrected chi connectivity index (χ1v) is 5.59. The molecule has 0 radical (unpaired) electrons. The minimum absolute atomic E-state index is 0.146. The lowest BCUT2D eigenvalue weighted by molar-refractivity contribution is 0.0691. The molecule has 2 rings (SSSR count). The lowest BCUT2D eigenvalue weighted by Gasteiger charge is -2.32. The quantitative estimate of drug-likeness (QED) is 0.859. The van der Waals surface area contributed by atoms with Crippen LogP contribution in [0.15, 0.2) is 12.3 Å². The van der Waals surface area contributed by atoms with Crippen molar-refractivity contribution in [3.63, 3.8) is 0 Å². The number of rotatable bonds is 2. The standard InChI is InChI=1S/C12H15FN2O2/c1-12(2)5-3-7-15(12)10-9(13)8(11(16)17)4-6-14-10/h4,6H,3,5,7H2,1-2H3,(H,16,17). The third-order valence-electron chi connectivity index (χ3n) is 3.26. The second-order valence-electron chi connectivity index (χ2n) is 4.87. The van der Waals surface area contributed by atoms with Crippen LogP contribution in [0.3, 0.4) is 0 Å². The van der Waals surface area contributed by atoms with Crippen LogP contribution < -0.4 is 4.90 Å². The summed E-state index contributed by atoms with van der Waals surface area (Å²) in [6.45, 7) is 4.73. The second kappa shape index (κ2) is 3.98. The molecule has 0 atom stereocenters. The molecular weight excluding hydrogens is 223 g/mol. The van der Waals surface area contributed by atoms with Crippen molar-refractivity contribution < 1.29 is 14.3 Å². The minimum Gasteiger partial charge on any atom is -0.478 e. The number of carbonyl (C=O) groups is 1. The van der Waals surface area contributed by atoms with Crippen LogP contribution in [-0.4, -0.2) is 28.1 Å². The van der Waals surface area contributed by atoms with E-state index in [9.17, 15) is 9.18 Å². The minimum atomic E-state index is -1.26. The molecule has 17 heavy (non-hydrogen) atoms. The molecule has 1 aromatic rings. The summed E-state index contributed by atoms with van der Waals surface area (Å²) in [6, 6.07) is 1.18. The van der Waals surface area contributed by atoms with Gasteiger partial charge in [-0.2, -0.15) is 0 Å². The zero-order chi connectivity index (χ0) is 12.6. The molecule has 0 aliphatic carbocycles. The van der Waals surface area contributed by atoms with Crippen LogP contribution in [-0.2, 0) is 0 Å². The molecule has 0 saturated carbocycles. The maximum Gasteiger partial charge on any atom is 0.338 e. The van der Waals surface area contributed by atoms with E-state index in [1.54, 1.807) is 0 Å². The van der Waals surface area contributed by atoms with Crippen molar-refractivity contribution in [1.29, 1.82) is 0 Å². The smallest absolute Gasteiger partial charge is 0.338 e. The van der Waals surface area contributed by atoms with E-state index in [0.717, 1.165) is 12.8 Å². The highest BCUT2D eigenvalue weighted by molar-refractivity contribution is 5.88. The predicted molar refractivity (Wildman–Crippen MR) is 61.8 cm³/mol. The first-order chi connectivity index (χ1) is 7.93. The molecule has 92 valence electrons. The second-order valence-corrected chi connectivity index (χ2v) is 4.87. The number of aromatic nitrogens is 1. The molecule has 5 heteroatoms. The van der Waals surface area contributed by atoms with Gasteiger partial charge in [0.05, 0.1) is 0 Å². The lowest BCUT2D eigenvalue weighted by atomic mass is 10.0. The first-order valence-electron chi connectivity index (χ1n) is 5.59. The van der Waals surface area contributed by atoms with Gasteiger partial charge in [0.15, 0.2) is 11.6 Å². The SMILES string of the molecule is CC1(C)CCCN1c1nccc(C(=O)O)c1F. The van der Waals surface area contributed by atoms with E-state index in [-0.39, 0.29) is 16.9 Å². The van der Waals surface area contributed by atoms with Gasteiger partial charge < -0.3 is 10.0 Å². The molecule has 0 unspecified atom stereocenters. The van der Waals surface area contributed by atoms with Gasteiger partial charge in [0.2, 0.25) is 0 Å². The Bertz CT molecular complexity index is 460. The summed E-state index contributed by atoms with van der Waals surface area (Å²) >= 11 is 0. The van der Waals surface area contributed by atoms with E-state index in [0.29, 0.717) is 6.54 Å². The number of carboxylic acids is 1. The Kier molecular flexibility index (Phi) is 2.77. The zero-order valence-electron chi connectivity index (χ0n) is 9.90. The molecule has 0 spiro atoms. The Morgan fingerprint density at radius 3 is 2.82 bits per heavy atom. The Morgan fingerprint density at radius 1 is 1.59 bits per heavy atom. The number of aromatic carboxylic acids is 1. The highest BCUT2D eigenvalue weighted by Crippen LogP contribution is 2.34. The Balaban J connectivity index is 2.46. The van der Waals surface area contributed by atoms with Crippen LogP contribution in [0.5, 0.6) is 0 Å². The number of anilines is 1. The molecule has 1 fully saturated rings. The normalized spacial score (nSPS) is 18.4. The molecular formula is C12H15FN2O2. The average Bonchev–Trinajstić information content (AvgIpc) is 2.58. The summed E-state index contributed by atoms with van der Waals surface area (Å²) in [7, 11) is 0. The van der Waals surface area contributed by atoms with Crippen molar-refractivity contribution in [3.8, 4) is 0 Å². The summed E-state index contributed by atoms with van der Waals surface area (Å²) in [5.74, 6) is -1.86. The predicted octanol–water partition coefficient (Wildman–Crippen LogP) is 2.30. The van der Waals surface area contributed by atoms with Crippen molar-refractivity contribution >= 4 is 11.8 Å². The molecule has 1 aromatic heterocycles. The van der Waals surface area contributed by atoms with Gasteiger partial charge in [-0.15, -0.1) is 0 Å². The van der Waals surface area contributed by atoms with E-state index in [1.807, 2.05) is 18.7 Å². The van der Waals surface area contributed by atoms with Gasteiger partial charge in [-0.25, -0.2) is 14.2 Å². The van der Waals surface area contributed by atoms with Gasteiger partial charge in [-0.1, -0.05) is 0 Å². The van der Waals surface area contributed by atoms with Gasteiger partial charge in [-0.05, 0) is 32.8 Å². The van der Waals surface area contributed by atoms with Crippen molar-refractivity contribution in [1.82, 2.24) is 4.98 Å². The zero-order valence-corrected chi connectivity index (χ0v) is 9.90. The van der Waals surface area contributed by atoms with Crippen LogP contribution in [0, 0.1) is 5.82 Å². The number of nitrogens with zero attached hydrogens (tertiary/aromatic N) is 2. The van der Waals surface area contributed by atoms with Crippen molar-refractivity contribution in [2.24, 2.45) is 0 Å². The van der Waals surface area contributed by atoms with E-state index in [2.05, 4.69) is 4.98 Å². The van der Waals surface area contributed by atoms with E-state index >= 15 is 0 Å². The summed E-state index contributed by atoms with van der Waals surface area (Å²) in [5.41, 5.74) is -0.497. The highest BCUT2D eigenvalue weighted by Gasteiger charge is 2.35. The third kappa shape index (κ3) is 1.97. The fourth-order valence-electron chi connectivity index (χ4n) is 2.29. The first kappa shape index (κ1) is 11.8. The van der Waals surface area contributed by atoms with Gasteiger partial charge in [0.1, 0.15) is 5.56 Å². The molecule has 0 bridgehead atoms. The van der Waals surface area contributed by atoms with E-state index < -0.39 is 11.8 Å². The summed E-state index contributed by atoms with van der Waals surface area (Å²) < 4.78 is 14.0. The number of pyridine rings is 1. The van der Waals surface area contributed by atoms with Gasteiger partial charge in [-0.3, -0.25) is 0 Å². The molecule has 1 saturated heterocycles. The number of carboxylic acid groups (broad SMARTS) is 1. The van der Waals surface area contributed by atoms with Crippen LogP contribution in [0.25, 0.3) is 0 Å². The summed E-state index contributed by atoms with van der Waals surface area (Å²) in [6.07, 6.45) is 3.26. The molecule has 4 nitrogen and oxygen atoms in total. The molecule has 1 N–H and O–H groups in total. The average molecular weight is 238 g/mol. The fourth-order valence-corrected chi connectivity index (χ4v) is 2.29. The van der Waals surface area contributed by atoms with Gasteiger partial charge >= 0.3 is 5.97 Å². The summed E-state index contributed by atoms with van der Waals surface area (Å²) in [5, 5.41) is 8.88. The monoisotopic (exact) mass is 238 g/mol. The Hall–Kier alpha value is -1.65. The highest BCUT2D eigenvalue weighted by atomic mass is 19.1. The van der Waals surface area contributed by atoms with E-state index in [4.69, 9.17) is 5.11 Å². The van der Waals surface area contributed by atoms with Crippen LogP contribution in [0.4, 0.5) is 10.2 Å². The Labute approximate surface area is 99.1 Å². The van der Waals surface area contributed by atoms with Crippen LogP contribution in [0.2, 0.25) is 0 Å². The van der Waals surface area contributed by atoms with Crippen LogP contribution in [0.1, 0.15) is 37.0 Å². The van der Waals surface area contributed by atoms with Crippen molar-refractivity contribution in [2.75, 3.05) is 11.4 Å². The fraction of sp³-hybridized carbons (Fsp3) is 0.500. The molecule has 1 aliphatic heterocycles. The summed E-state index contributed by atoms with van der Waals surface area (Å²) in [4.78, 5) is 16.7. The van der Waals surface area contributed by atoms with Crippen molar-refractivity contribution in [2.45, 2.75) is 32.2 Å². The Morgan fingerprint density at radius 2 is 2.29 bits per heavy atom. The maximum absolute atomic E-state index is 14.0. The number of hydrogen-bond acceptors (Lipinski definition) is 3.